The minimum absolute atomic E-state index is 0.182. The molecule has 29 heavy (non-hydrogen) atoms. The molecule has 0 amide bonds. The largest absolute Gasteiger partial charge is 0.472 e. The van der Waals surface area contributed by atoms with E-state index in [-0.39, 0.29) is 17.8 Å². The van der Waals surface area contributed by atoms with Gasteiger partial charge in [0.15, 0.2) is 0 Å². The molecule has 0 unspecified atom stereocenters. The first-order valence-electron chi connectivity index (χ1n) is 10.0. The molecule has 0 N–H and O–H groups in total. The van der Waals surface area contributed by atoms with Crippen molar-refractivity contribution in [3.05, 3.63) is 36.3 Å². The molecule has 2 saturated heterocycles. The van der Waals surface area contributed by atoms with E-state index in [2.05, 4.69) is 6.92 Å². The standard InChI is InChI=1S/C22H24O7/c1-12(23)29-22-8-5-15(28-19(22)25)17-20(2)10-16(13-6-9-26-11-13)27-18(24)14(20)4-7-21(17,22)3/h5-6,8-9,11,14-17H,4,7,10H2,1-3H3/t14-,15+,16+,17-,20+,21+,22-/m0/s1. The van der Waals surface area contributed by atoms with Crippen LogP contribution >= 0.6 is 0 Å². The lowest BCUT2D eigenvalue weighted by molar-refractivity contribution is -0.264. The lowest BCUT2D eigenvalue weighted by Crippen LogP contribution is -2.73. The quantitative estimate of drug-likeness (QED) is 0.428. The van der Waals surface area contributed by atoms with Crippen LogP contribution in [0.3, 0.4) is 0 Å². The number of rotatable bonds is 2. The van der Waals surface area contributed by atoms with Gasteiger partial charge in [-0.05, 0) is 42.9 Å². The summed E-state index contributed by atoms with van der Waals surface area (Å²) in [4.78, 5) is 37.8. The van der Waals surface area contributed by atoms with Crippen molar-refractivity contribution >= 4 is 17.9 Å². The Kier molecular flexibility index (Phi) is 3.65. The molecule has 5 aliphatic rings. The molecule has 154 valence electrons. The summed E-state index contributed by atoms with van der Waals surface area (Å²) in [5, 5.41) is 0. The number of hydrogen-bond acceptors (Lipinski definition) is 7. The van der Waals surface area contributed by atoms with Crippen molar-refractivity contribution in [2.24, 2.45) is 22.7 Å². The van der Waals surface area contributed by atoms with Crippen molar-refractivity contribution in [3.8, 4) is 0 Å². The number of hydrogen-bond donors (Lipinski definition) is 0. The van der Waals surface area contributed by atoms with E-state index in [1.54, 1.807) is 24.7 Å². The molecule has 3 aliphatic heterocycles. The van der Waals surface area contributed by atoms with Crippen molar-refractivity contribution in [2.75, 3.05) is 0 Å². The molecular formula is C22H24O7. The maximum atomic E-state index is 13.0. The van der Waals surface area contributed by atoms with E-state index < -0.39 is 40.6 Å². The highest BCUT2D eigenvalue weighted by Gasteiger charge is 2.74. The van der Waals surface area contributed by atoms with Gasteiger partial charge >= 0.3 is 17.9 Å². The van der Waals surface area contributed by atoms with Gasteiger partial charge in [0.05, 0.1) is 18.4 Å². The Balaban J connectivity index is 1.62. The lowest BCUT2D eigenvalue weighted by atomic mass is 9.42. The second-order valence-electron chi connectivity index (χ2n) is 9.24. The van der Waals surface area contributed by atoms with Crippen LogP contribution in [-0.4, -0.2) is 29.6 Å². The van der Waals surface area contributed by atoms with Crippen LogP contribution in [0.1, 0.15) is 51.7 Å². The van der Waals surface area contributed by atoms with Gasteiger partial charge in [-0.25, -0.2) is 4.79 Å². The van der Waals surface area contributed by atoms with Crippen molar-refractivity contribution in [2.45, 2.75) is 57.8 Å². The summed E-state index contributed by atoms with van der Waals surface area (Å²) in [5.41, 5.74) is -1.81. The number of carbonyl (C=O) groups excluding carboxylic acids is 3. The zero-order chi connectivity index (χ0) is 20.6. The summed E-state index contributed by atoms with van der Waals surface area (Å²) in [7, 11) is 0. The van der Waals surface area contributed by atoms with Crippen molar-refractivity contribution in [3.63, 3.8) is 0 Å². The van der Waals surface area contributed by atoms with Gasteiger partial charge in [-0.3, -0.25) is 9.59 Å². The number of furan rings is 1. The summed E-state index contributed by atoms with van der Waals surface area (Å²) >= 11 is 0. The third-order valence-electron chi connectivity index (χ3n) is 7.78. The van der Waals surface area contributed by atoms with Crippen LogP contribution in [-0.2, 0) is 28.6 Å². The van der Waals surface area contributed by atoms with Crippen LogP contribution in [0, 0.1) is 22.7 Å². The molecule has 3 fully saturated rings. The molecule has 7 atom stereocenters. The zero-order valence-electron chi connectivity index (χ0n) is 16.7. The predicted molar refractivity (Wildman–Crippen MR) is 98.1 cm³/mol. The highest BCUT2D eigenvalue weighted by Crippen LogP contribution is 2.68. The van der Waals surface area contributed by atoms with Gasteiger partial charge in [0, 0.05) is 23.8 Å². The highest BCUT2D eigenvalue weighted by molar-refractivity contribution is 5.89. The van der Waals surface area contributed by atoms with Gasteiger partial charge in [0.1, 0.15) is 12.2 Å². The molecule has 2 bridgehead atoms. The maximum Gasteiger partial charge on any atom is 0.355 e. The van der Waals surface area contributed by atoms with Crippen LogP contribution in [0.15, 0.2) is 35.2 Å². The molecule has 6 rings (SSSR count). The average Bonchev–Trinajstić information content (AvgIpc) is 3.16. The molecule has 1 saturated carbocycles. The first kappa shape index (κ1) is 18.5. The fraction of sp³-hybridized carbons (Fsp3) is 0.591. The van der Waals surface area contributed by atoms with E-state index in [9.17, 15) is 14.4 Å². The van der Waals surface area contributed by atoms with Crippen LogP contribution < -0.4 is 0 Å². The Bertz CT molecular complexity index is 918. The van der Waals surface area contributed by atoms with Crippen molar-refractivity contribution in [1.82, 2.24) is 0 Å². The molecule has 2 aliphatic carbocycles. The topological polar surface area (TPSA) is 92.0 Å². The minimum Gasteiger partial charge on any atom is -0.472 e. The Morgan fingerprint density at radius 3 is 2.69 bits per heavy atom. The molecule has 7 nitrogen and oxygen atoms in total. The third-order valence-corrected chi connectivity index (χ3v) is 7.78. The minimum atomic E-state index is -1.46. The summed E-state index contributed by atoms with van der Waals surface area (Å²) in [6.45, 7) is 5.37. The second kappa shape index (κ2) is 5.74. The molecule has 0 radical (unpaired) electrons. The maximum absolute atomic E-state index is 13.0. The molecule has 7 heteroatoms. The second-order valence-corrected chi connectivity index (χ2v) is 9.24. The van der Waals surface area contributed by atoms with Crippen LogP contribution in [0.2, 0.25) is 0 Å². The first-order valence-corrected chi connectivity index (χ1v) is 10.0. The van der Waals surface area contributed by atoms with Gasteiger partial charge in [0.2, 0.25) is 5.60 Å². The van der Waals surface area contributed by atoms with Crippen molar-refractivity contribution < 1.29 is 33.0 Å². The van der Waals surface area contributed by atoms with Gasteiger partial charge in [-0.1, -0.05) is 13.8 Å². The Morgan fingerprint density at radius 1 is 1.24 bits per heavy atom. The normalized spacial score (nSPS) is 45.1. The fourth-order valence-electron chi connectivity index (χ4n) is 6.56. The monoisotopic (exact) mass is 400 g/mol. The summed E-state index contributed by atoms with van der Waals surface area (Å²) in [6.07, 6.45) is 7.49. The highest BCUT2D eigenvalue weighted by atomic mass is 16.6. The molecule has 4 heterocycles. The summed E-state index contributed by atoms with van der Waals surface area (Å²) in [5.74, 6) is -1.77. The van der Waals surface area contributed by atoms with Crippen molar-refractivity contribution in [1.29, 1.82) is 0 Å². The van der Waals surface area contributed by atoms with Gasteiger partial charge in [0.25, 0.3) is 0 Å². The average molecular weight is 400 g/mol. The van der Waals surface area contributed by atoms with E-state index in [4.69, 9.17) is 18.6 Å². The summed E-state index contributed by atoms with van der Waals surface area (Å²) < 4.78 is 22.3. The van der Waals surface area contributed by atoms with E-state index in [1.165, 1.54) is 6.92 Å². The summed E-state index contributed by atoms with van der Waals surface area (Å²) in [6, 6.07) is 1.80. The SMILES string of the molecule is CC(=O)O[C@@]12C=C[C@@H](OC1=O)[C@H]1[C@]3(C)C[C@H](c4ccoc4)OC(=O)[C@@H]3CC[C@]12C. The number of carbonyl (C=O) groups is 3. The lowest BCUT2D eigenvalue weighted by Gasteiger charge is -2.66. The zero-order valence-corrected chi connectivity index (χ0v) is 16.7. The Labute approximate surface area is 168 Å². The molecule has 1 aromatic heterocycles. The molecule has 0 aromatic carbocycles. The molecule has 0 spiro atoms. The van der Waals surface area contributed by atoms with Gasteiger partial charge < -0.3 is 18.6 Å². The Hall–Kier alpha value is -2.57. The van der Waals surface area contributed by atoms with Gasteiger partial charge in [-0.2, -0.15) is 0 Å². The van der Waals surface area contributed by atoms with E-state index in [0.717, 1.165) is 5.56 Å². The van der Waals surface area contributed by atoms with E-state index in [1.807, 2.05) is 13.0 Å². The number of esters is 3. The number of ether oxygens (including phenoxy) is 3. The Morgan fingerprint density at radius 2 is 2.03 bits per heavy atom. The fourth-order valence-corrected chi connectivity index (χ4v) is 6.56. The number of fused-ring (bicyclic) bond motifs is 2. The first-order chi connectivity index (χ1) is 13.7. The molecular weight excluding hydrogens is 376 g/mol. The van der Waals surface area contributed by atoms with Gasteiger partial charge in [-0.15, -0.1) is 0 Å². The predicted octanol–water partition coefficient (Wildman–Crippen LogP) is 3.10. The van der Waals surface area contributed by atoms with E-state index >= 15 is 0 Å². The van der Waals surface area contributed by atoms with E-state index in [0.29, 0.717) is 19.3 Å². The smallest absolute Gasteiger partial charge is 0.355 e. The number of cyclic esters (lactones) is 1. The van der Waals surface area contributed by atoms with Crippen LogP contribution in [0.5, 0.6) is 0 Å². The third kappa shape index (κ3) is 2.21. The van der Waals surface area contributed by atoms with Crippen LogP contribution in [0.4, 0.5) is 0 Å². The van der Waals surface area contributed by atoms with Crippen LogP contribution in [0.25, 0.3) is 0 Å². The molecule has 1 aromatic rings.